The summed E-state index contributed by atoms with van der Waals surface area (Å²) in [5, 5.41) is 29.5. The van der Waals surface area contributed by atoms with Gasteiger partial charge in [-0.15, -0.1) is 6.58 Å². The van der Waals surface area contributed by atoms with Crippen molar-refractivity contribution < 1.29 is 19.8 Å². The van der Waals surface area contributed by atoms with Crippen LogP contribution in [0.1, 0.15) is 86.6 Å². The molecule has 6 nitrogen and oxygen atoms in total. The first kappa shape index (κ1) is 29.4. The molecule has 0 spiro atoms. The largest absolute Gasteiger partial charge is 0.480 e. The fourth-order valence-corrected chi connectivity index (χ4v) is 8.53. The van der Waals surface area contributed by atoms with E-state index in [-0.39, 0.29) is 40.4 Å². The van der Waals surface area contributed by atoms with Crippen molar-refractivity contribution in [2.45, 2.75) is 110 Å². The van der Waals surface area contributed by atoms with E-state index in [9.17, 15) is 19.8 Å². The Bertz CT molecular complexity index is 941. The van der Waals surface area contributed by atoms with Crippen LogP contribution in [0.2, 0.25) is 0 Å². The standard InChI is InChI=1S/C31H48N2O4/c1-10-30(22-17-26(2,3)32-27(4,5)18-22,23-19-28(6,7)33-29(8,9)20-23)31(24(34)35,25(36)37)16-21-14-12-11-13-15-21/h10-15,22-23,32-33H,1,16-20H2,2-9H3,(H,34,35)(H,36,37). The molecule has 6 heteroatoms. The molecule has 3 rings (SSSR count). The van der Waals surface area contributed by atoms with Gasteiger partial charge in [0.25, 0.3) is 0 Å². The van der Waals surface area contributed by atoms with Gasteiger partial charge in [0.2, 0.25) is 0 Å². The SMILES string of the molecule is C=CC(C1CC(C)(C)NC(C)(C)C1)(C1CC(C)(C)NC(C)(C)C1)C(Cc1ccccc1)(C(=O)O)C(=O)O. The van der Waals surface area contributed by atoms with Crippen LogP contribution >= 0.6 is 0 Å². The van der Waals surface area contributed by atoms with E-state index in [4.69, 9.17) is 0 Å². The lowest BCUT2D eigenvalue weighted by Crippen LogP contribution is -2.69. The molecule has 2 saturated heterocycles. The highest BCUT2D eigenvalue weighted by Crippen LogP contribution is 2.62. The van der Waals surface area contributed by atoms with Gasteiger partial charge in [-0.25, -0.2) is 0 Å². The van der Waals surface area contributed by atoms with Crippen molar-refractivity contribution in [1.29, 1.82) is 0 Å². The van der Waals surface area contributed by atoms with E-state index < -0.39 is 22.8 Å². The number of hydrogen-bond acceptors (Lipinski definition) is 4. The highest BCUT2D eigenvalue weighted by Gasteiger charge is 2.69. The van der Waals surface area contributed by atoms with Gasteiger partial charge in [-0.3, -0.25) is 9.59 Å². The second-order valence-electron chi connectivity index (χ2n) is 14.3. The first-order valence-corrected chi connectivity index (χ1v) is 13.5. The van der Waals surface area contributed by atoms with Gasteiger partial charge >= 0.3 is 11.9 Å². The molecule has 0 atom stereocenters. The Morgan fingerprint density at radius 3 is 1.46 bits per heavy atom. The molecule has 1 aromatic rings. The summed E-state index contributed by atoms with van der Waals surface area (Å²) >= 11 is 0. The average Bonchev–Trinajstić information content (AvgIpc) is 2.69. The summed E-state index contributed by atoms with van der Waals surface area (Å²) in [5.74, 6) is -2.98. The maximum Gasteiger partial charge on any atom is 0.322 e. The number of benzene rings is 1. The Labute approximate surface area is 223 Å². The molecular weight excluding hydrogens is 464 g/mol. The molecule has 0 bridgehead atoms. The van der Waals surface area contributed by atoms with Gasteiger partial charge < -0.3 is 20.8 Å². The summed E-state index contributed by atoms with van der Waals surface area (Å²) in [7, 11) is 0. The van der Waals surface area contributed by atoms with E-state index in [1.807, 2.05) is 30.3 Å². The molecule has 0 aromatic heterocycles. The molecular formula is C31H48N2O4. The average molecular weight is 513 g/mol. The molecule has 206 valence electrons. The van der Waals surface area contributed by atoms with E-state index in [1.54, 1.807) is 6.08 Å². The Morgan fingerprint density at radius 1 is 0.811 bits per heavy atom. The minimum absolute atomic E-state index is 0.0971. The van der Waals surface area contributed by atoms with Crippen molar-refractivity contribution in [2.24, 2.45) is 22.7 Å². The third-order valence-electron chi connectivity index (χ3n) is 8.85. The van der Waals surface area contributed by atoms with Crippen LogP contribution in [-0.2, 0) is 16.0 Å². The Hall–Kier alpha value is -2.18. The van der Waals surface area contributed by atoms with Gasteiger partial charge in [0.15, 0.2) is 5.41 Å². The van der Waals surface area contributed by atoms with E-state index in [0.717, 1.165) is 0 Å². The zero-order valence-corrected chi connectivity index (χ0v) is 24.1. The second-order valence-corrected chi connectivity index (χ2v) is 14.3. The summed E-state index contributed by atoms with van der Waals surface area (Å²) in [6.07, 6.45) is 4.28. The molecule has 1 aromatic carbocycles. The maximum absolute atomic E-state index is 13.5. The molecule has 0 saturated carbocycles. The molecule has 37 heavy (non-hydrogen) atoms. The lowest BCUT2D eigenvalue weighted by atomic mass is 9.44. The van der Waals surface area contributed by atoms with Gasteiger partial charge in [0.05, 0.1) is 0 Å². The summed E-state index contributed by atoms with van der Waals surface area (Å²) in [6.45, 7) is 21.3. The third kappa shape index (κ3) is 5.51. The van der Waals surface area contributed by atoms with E-state index >= 15 is 0 Å². The second kappa shape index (κ2) is 9.53. The zero-order chi connectivity index (χ0) is 28.1. The fraction of sp³-hybridized carbons (Fsp3) is 0.677. The molecule has 2 aliphatic heterocycles. The normalized spacial score (nSPS) is 23.8. The first-order valence-electron chi connectivity index (χ1n) is 13.5. The van der Waals surface area contributed by atoms with E-state index in [2.05, 4.69) is 72.6 Å². The molecule has 2 aliphatic rings. The molecule has 4 N–H and O–H groups in total. The lowest BCUT2D eigenvalue weighted by Gasteiger charge is -2.62. The molecule has 2 heterocycles. The number of aliphatic carboxylic acids is 2. The number of piperidine rings is 2. The summed E-state index contributed by atoms with van der Waals surface area (Å²) in [4.78, 5) is 27.1. The lowest BCUT2D eigenvalue weighted by molar-refractivity contribution is -0.188. The quantitative estimate of drug-likeness (QED) is 0.265. The van der Waals surface area contributed by atoms with E-state index in [0.29, 0.717) is 31.2 Å². The van der Waals surface area contributed by atoms with Crippen molar-refractivity contribution in [3.63, 3.8) is 0 Å². The summed E-state index contributed by atoms with van der Waals surface area (Å²) in [5.41, 5.74) is -3.77. The summed E-state index contributed by atoms with van der Waals surface area (Å²) < 4.78 is 0. The Morgan fingerprint density at radius 2 is 1.16 bits per heavy atom. The number of nitrogens with one attached hydrogen (secondary N) is 2. The third-order valence-corrected chi connectivity index (χ3v) is 8.85. The molecule has 2 fully saturated rings. The number of rotatable bonds is 8. The van der Waals surface area contributed by atoms with Crippen LogP contribution in [0.15, 0.2) is 43.0 Å². The van der Waals surface area contributed by atoms with Crippen molar-refractivity contribution in [1.82, 2.24) is 10.6 Å². The highest BCUT2D eigenvalue weighted by molar-refractivity contribution is 6.00. The zero-order valence-electron chi connectivity index (χ0n) is 24.1. The number of carboxylic acid groups (broad SMARTS) is 2. The number of allylic oxidation sites excluding steroid dienone is 1. The predicted octanol–water partition coefficient (Wildman–Crippen LogP) is 5.67. The van der Waals surface area contributed by atoms with Crippen LogP contribution in [0.3, 0.4) is 0 Å². The van der Waals surface area contributed by atoms with Gasteiger partial charge in [-0.2, -0.15) is 0 Å². The minimum atomic E-state index is -2.08. The molecule has 0 unspecified atom stereocenters. The van der Waals surface area contributed by atoms with Crippen molar-refractivity contribution in [3.8, 4) is 0 Å². The van der Waals surface area contributed by atoms with Gasteiger partial charge in [-0.1, -0.05) is 36.4 Å². The van der Waals surface area contributed by atoms with Gasteiger partial charge in [-0.05, 0) is 98.5 Å². The van der Waals surface area contributed by atoms with Gasteiger partial charge in [0, 0.05) is 34.0 Å². The highest BCUT2D eigenvalue weighted by atomic mass is 16.4. The van der Waals surface area contributed by atoms with E-state index in [1.165, 1.54) is 0 Å². The van der Waals surface area contributed by atoms with Gasteiger partial charge in [0.1, 0.15) is 0 Å². The van der Waals surface area contributed by atoms with Crippen LogP contribution in [0, 0.1) is 22.7 Å². The molecule has 0 amide bonds. The van der Waals surface area contributed by atoms with Crippen LogP contribution in [0.25, 0.3) is 0 Å². The van der Waals surface area contributed by atoms with Crippen molar-refractivity contribution in [2.75, 3.05) is 0 Å². The summed E-state index contributed by atoms with van der Waals surface area (Å²) in [6, 6.07) is 9.21. The Kier molecular flexibility index (Phi) is 7.57. The minimum Gasteiger partial charge on any atom is -0.480 e. The number of carbonyl (C=O) groups is 2. The fourth-order valence-electron chi connectivity index (χ4n) is 8.53. The topological polar surface area (TPSA) is 98.7 Å². The van der Waals surface area contributed by atoms with Crippen LogP contribution in [-0.4, -0.2) is 44.3 Å². The number of hydrogen-bond donors (Lipinski definition) is 4. The van der Waals surface area contributed by atoms with Crippen LogP contribution in [0.4, 0.5) is 0 Å². The monoisotopic (exact) mass is 512 g/mol. The predicted molar refractivity (Wildman–Crippen MR) is 149 cm³/mol. The molecule has 0 radical (unpaired) electrons. The first-order chi connectivity index (χ1) is 16.8. The number of carboxylic acids is 2. The van der Waals surface area contributed by atoms with Crippen LogP contribution in [0.5, 0.6) is 0 Å². The smallest absolute Gasteiger partial charge is 0.322 e. The molecule has 0 aliphatic carbocycles. The van der Waals surface area contributed by atoms with Crippen LogP contribution < -0.4 is 10.6 Å². The van der Waals surface area contributed by atoms with Crippen molar-refractivity contribution in [3.05, 3.63) is 48.6 Å². The van der Waals surface area contributed by atoms with Crippen molar-refractivity contribution >= 4 is 11.9 Å². The Balaban J connectivity index is 2.39. The maximum atomic E-state index is 13.5.